The summed E-state index contributed by atoms with van der Waals surface area (Å²) in [6, 6.07) is 15.4. The van der Waals surface area contributed by atoms with Crippen molar-refractivity contribution < 1.29 is 0 Å². The summed E-state index contributed by atoms with van der Waals surface area (Å²) >= 11 is 0. The molecule has 0 spiro atoms. The minimum absolute atomic E-state index is 0.938. The molecule has 0 saturated carbocycles. The molecule has 1 heteroatoms. The van der Waals surface area contributed by atoms with Crippen molar-refractivity contribution in [2.24, 2.45) is 4.99 Å². The van der Waals surface area contributed by atoms with E-state index >= 15 is 0 Å². The lowest BCUT2D eigenvalue weighted by molar-refractivity contribution is 0.810. The van der Waals surface area contributed by atoms with Crippen molar-refractivity contribution in [3.05, 3.63) is 59.2 Å². The number of aliphatic imine (C=N–C) groups is 1. The second kappa shape index (κ2) is 5.40. The Morgan fingerprint density at radius 1 is 1.05 bits per heavy atom. The van der Waals surface area contributed by atoms with Crippen LogP contribution in [0.25, 0.3) is 11.1 Å². The van der Waals surface area contributed by atoms with Crippen LogP contribution < -0.4 is 0 Å². The Morgan fingerprint density at radius 2 is 1.89 bits per heavy atom. The fourth-order valence-corrected chi connectivity index (χ4v) is 2.66. The van der Waals surface area contributed by atoms with E-state index in [4.69, 9.17) is 0 Å². The Labute approximate surface area is 115 Å². The monoisotopic (exact) mass is 249 g/mol. The predicted octanol–water partition coefficient (Wildman–Crippen LogP) is 4.48. The summed E-state index contributed by atoms with van der Waals surface area (Å²) in [5, 5.41) is 0. The van der Waals surface area contributed by atoms with Crippen LogP contribution in [0.5, 0.6) is 0 Å². The van der Waals surface area contributed by atoms with Gasteiger partial charge < -0.3 is 0 Å². The third-order valence-corrected chi connectivity index (χ3v) is 3.70. The van der Waals surface area contributed by atoms with E-state index < -0.39 is 0 Å². The molecular weight excluding hydrogens is 230 g/mol. The topological polar surface area (TPSA) is 12.4 Å². The zero-order valence-electron chi connectivity index (χ0n) is 11.4. The van der Waals surface area contributed by atoms with Gasteiger partial charge in [-0.2, -0.15) is 0 Å². The van der Waals surface area contributed by atoms with Gasteiger partial charge in [0, 0.05) is 12.8 Å². The largest absolute Gasteiger partial charge is 0.293 e. The molecule has 0 N–H and O–H groups in total. The van der Waals surface area contributed by atoms with E-state index in [0.29, 0.717) is 0 Å². The highest BCUT2D eigenvalue weighted by Crippen LogP contribution is 2.36. The fraction of sp³-hybridized carbons (Fsp3) is 0.278. The van der Waals surface area contributed by atoms with Crippen LogP contribution in [0.2, 0.25) is 0 Å². The quantitative estimate of drug-likeness (QED) is 0.477. The number of hydrogen-bond acceptors (Lipinski definition) is 1. The van der Waals surface area contributed by atoms with Gasteiger partial charge in [0.1, 0.15) is 0 Å². The van der Waals surface area contributed by atoms with Gasteiger partial charge in [-0.15, -0.1) is 0 Å². The molecule has 0 unspecified atom stereocenters. The normalized spacial score (nSPS) is 12.7. The summed E-state index contributed by atoms with van der Waals surface area (Å²) in [4.78, 5) is 4.48. The van der Waals surface area contributed by atoms with Crippen LogP contribution in [0, 0.1) is 0 Å². The van der Waals surface area contributed by atoms with E-state index in [9.17, 15) is 0 Å². The molecule has 1 nitrogen and oxygen atoms in total. The minimum atomic E-state index is 0.938. The molecule has 0 atom stereocenters. The van der Waals surface area contributed by atoms with Crippen molar-refractivity contribution in [3.63, 3.8) is 0 Å². The maximum absolute atomic E-state index is 4.48. The van der Waals surface area contributed by atoms with Crippen molar-refractivity contribution in [1.82, 2.24) is 0 Å². The highest BCUT2D eigenvalue weighted by molar-refractivity contribution is 5.84. The second-order valence-electron chi connectivity index (χ2n) is 5.14. The Hall–Kier alpha value is -1.89. The first-order valence-electron chi connectivity index (χ1n) is 7.09. The van der Waals surface area contributed by atoms with Crippen LogP contribution in [-0.4, -0.2) is 12.8 Å². The van der Waals surface area contributed by atoms with Gasteiger partial charge in [0.15, 0.2) is 0 Å². The molecular formula is C18H19N. The molecule has 0 amide bonds. The van der Waals surface area contributed by atoms with Crippen molar-refractivity contribution in [3.8, 4) is 11.1 Å². The predicted molar refractivity (Wildman–Crippen MR) is 82.1 cm³/mol. The summed E-state index contributed by atoms with van der Waals surface area (Å²) in [5.74, 6) is 0. The van der Waals surface area contributed by atoms with E-state index in [-0.39, 0.29) is 0 Å². The molecule has 0 aliphatic heterocycles. The summed E-state index contributed by atoms with van der Waals surface area (Å²) in [6.07, 6.45) is 5.45. The first kappa shape index (κ1) is 12.2. The summed E-state index contributed by atoms with van der Waals surface area (Å²) in [6.45, 7) is 3.13. The van der Waals surface area contributed by atoms with Gasteiger partial charge in [-0.1, -0.05) is 49.7 Å². The Morgan fingerprint density at radius 3 is 2.79 bits per heavy atom. The zero-order chi connectivity index (χ0) is 13.1. The van der Waals surface area contributed by atoms with E-state index in [1.807, 2.05) is 6.21 Å². The van der Waals surface area contributed by atoms with Crippen LogP contribution in [0.4, 0.5) is 0 Å². The van der Waals surface area contributed by atoms with Crippen LogP contribution in [0.3, 0.4) is 0 Å². The van der Waals surface area contributed by atoms with Crippen molar-refractivity contribution >= 4 is 6.21 Å². The summed E-state index contributed by atoms with van der Waals surface area (Å²) in [5.41, 5.74) is 6.88. The van der Waals surface area contributed by atoms with Crippen LogP contribution in [0.15, 0.2) is 47.5 Å². The number of unbranched alkanes of at least 4 members (excludes halogenated alkanes) is 1. The van der Waals surface area contributed by atoms with Gasteiger partial charge in [-0.3, -0.25) is 4.99 Å². The highest BCUT2D eigenvalue weighted by atomic mass is 14.7. The number of fused-ring (bicyclic) bond motifs is 3. The lowest BCUT2D eigenvalue weighted by Crippen LogP contribution is -1.87. The van der Waals surface area contributed by atoms with E-state index in [1.165, 1.54) is 40.7 Å². The Balaban J connectivity index is 1.83. The molecule has 19 heavy (non-hydrogen) atoms. The summed E-state index contributed by atoms with van der Waals surface area (Å²) < 4.78 is 0. The molecule has 0 aromatic heterocycles. The molecule has 0 saturated heterocycles. The molecule has 1 aliphatic rings. The maximum atomic E-state index is 4.48. The zero-order valence-corrected chi connectivity index (χ0v) is 11.4. The lowest BCUT2D eigenvalue weighted by atomic mass is 10.0. The minimum Gasteiger partial charge on any atom is -0.293 e. The van der Waals surface area contributed by atoms with Gasteiger partial charge in [-0.25, -0.2) is 0 Å². The van der Waals surface area contributed by atoms with Crippen LogP contribution >= 0.6 is 0 Å². The standard InChI is InChI=1S/C18H19N/c1-2-3-10-19-13-14-8-9-18-16(11-14)12-15-6-4-5-7-17(15)18/h4-9,11,13H,2-3,10,12H2,1H3. The lowest BCUT2D eigenvalue weighted by Gasteiger charge is -2.01. The summed E-state index contributed by atoms with van der Waals surface area (Å²) in [7, 11) is 0. The molecule has 96 valence electrons. The van der Waals surface area contributed by atoms with Crippen molar-refractivity contribution in [2.75, 3.05) is 6.54 Å². The third-order valence-electron chi connectivity index (χ3n) is 3.70. The maximum Gasteiger partial charge on any atom is 0.0389 e. The van der Waals surface area contributed by atoms with Crippen molar-refractivity contribution in [2.45, 2.75) is 26.2 Å². The van der Waals surface area contributed by atoms with Crippen LogP contribution in [0.1, 0.15) is 36.5 Å². The molecule has 3 rings (SSSR count). The fourth-order valence-electron chi connectivity index (χ4n) is 2.66. The van der Waals surface area contributed by atoms with Gasteiger partial charge in [0.05, 0.1) is 0 Å². The highest BCUT2D eigenvalue weighted by Gasteiger charge is 2.17. The number of nitrogens with zero attached hydrogens (tertiary/aromatic N) is 1. The van der Waals surface area contributed by atoms with Crippen molar-refractivity contribution in [1.29, 1.82) is 0 Å². The molecule has 2 aromatic carbocycles. The molecule has 2 aromatic rings. The molecule has 0 fully saturated rings. The Kier molecular flexibility index (Phi) is 3.45. The SMILES string of the molecule is CCCCN=Cc1ccc2c(c1)Cc1ccccc1-2. The number of rotatable bonds is 4. The molecule has 0 heterocycles. The molecule has 0 radical (unpaired) electrons. The van der Waals surface area contributed by atoms with Crippen LogP contribution in [-0.2, 0) is 6.42 Å². The molecule has 1 aliphatic carbocycles. The smallest absolute Gasteiger partial charge is 0.0389 e. The van der Waals surface area contributed by atoms with Gasteiger partial charge in [-0.05, 0) is 46.7 Å². The average molecular weight is 249 g/mol. The number of hydrogen-bond donors (Lipinski definition) is 0. The first-order valence-corrected chi connectivity index (χ1v) is 7.09. The average Bonchev–Trinajstić information content (AvgIpc) is 2.81. The molecule has 0 bridgehead atoms. The Bertz CT molecular complexity index is 611. The number of benzene rings is 2. The van der Waals surface area contributed by atoms with Gasteiger partial charge in [0.25, 0.3) is 0 Å². The third kappa shape index (κ3) is 2.46. The van der Waals surface area contributed by atoms with E-state index in [0.717, 1.165) is 13.0 Å². The van der Waals surface area contributed by atoms with E-state index in [1.54, 1.807) is 0 Å². The first-order chi connectivity index (χ1) is 9.38. The van der Waals surface area contributed by atoms with Gasteiger partial charge in [0.2, 0.25) is 0 Å². The second-order valence-corrected chi connectivity index (χ2v) is 5.14. The van der Waals surface area contributed by atoms with Gasteiger partial charge >= 0.3 is 0 Å². The van der Waals surface area contributed by atoms with E-state index in [2.05, 4.69) is 54.4 Å².